The van der Waals surface area contributed by atoms with E-state index in [0.717, 1.165) is 0 Å². The molecule has 0 heterocycles. The Kier molecular flexibility index (Phi) is 3.78. The first-order valence-corrected chi connectivity index (χ1v) is 5.18. The third-order valence-corrected chi connectivity index (χ3v) is 2.81. The minimum atomic E-state index is -0.997. The summed E-state index contributed by atoms with van der Waals surface area (Å²) in [7, 11) is 0. The maximum atomic E-state index is 10.6. The van der Waals surface area contributed by atoms with E-state index in [2.05, 4.69) is 0 Å². The van der Waals surface area contributed by atoms with Crippen LogP contribution < -0.4 is 5.73 Å². The van der Waals surface area contributed by atoms with Crippen LogP contribution in [0.15, 0.2) is 6.07 Å². The van der Waals surface area contributed by atoms with Gasteiger partial charge < -0.3 is 15.9 Å². The number of phenolic OH excluding ortho intramolecular Hbond substituents is 1. The fourth-order valence-electron chi connectivity index (χ4n) is 1.68. The standard InChI is InChI=1S/C11H14ClNO3/c1-5-3-7(12)10(6(2)11(5)16)8(13)4-9(14)15/h3,8,16H,4,13H2,1-2H3,(H,14,15). The molecule has 4 nitrogen and oxygen atoms in total. The summed E-state index contributed by atoms with van der Waals surface area (Å²) in [5.41, 5.74) is 7.42. The molecule has 0 aromatic heterocycles. The Bertz CT molecular complexity index is 432. The molecular formula is C11H14ClNO3. The molecule has 0 amide bonds. The summed E-state index contributed by atoms with van der Waals surface area (Å²) in [6, 6.07) is 0.873. The number of phenols is 1. The molecule has 0 spiro atoms. The Balaban J connectivity index is 3.23. The highest BCUT2D eigenvalue weighted by molar-refractivity contribution is 6.31. The third-order valence-electron chi connectivity index (χ3n) is 2.50. The zero-order valence-corrected chi connectivity index (χ0v) is 9.88. The van der Waals surface area contributed by atoms with Crippen LogP contribution in [-0.2, 0) is 4.79 Å². The van der Waals surface area contributed by atoms with Gasteiger partial charge in [-0.2, -0.15) is 0 Å². The number of hydrogen-bond acceptors (Lipinski definition) is 3. The average Bonchev–Trinajstić information content (AvgIpc) is 2.13. The highest BCUT2D eigenvalue weighted by Crippen LogP contribution is 2.34. The van der Waals surface area contributed by atoms with E-state index in [9.17, 15) is 9.90 Å². The van der Waals surface area contributed by atoms with Crippen molar-refractivity contribution in [2.75, 3.05) is 0 Å². The number of carbonyl (C=O) groups is 1. The van der Waals surface area contributed by atoms with Crippen molar-refractivity contribution < 1.29 is 15.0 Å². The molecule has 0 fully saturated rings. The van der Waals surface area contributed by atoms with Gasteiger partial charge >= 0.3 is 5.97 Å². The third kappa shape index (κ3) is 2.46. The summed E-state index contributed by atoms with van der Waals surface area (Å²) in [5, 5.41) is 18.8. The Morgan fingerprint density at radius 3 is 2.62 bits per heavy atom. The van der Waals surface area contributed by atoms with Crippen molar-refractivity contribution in [2.24, 2.45) is 5.73 Å². The van der Waals surface area contributed by atoms with Crippen LogP contribution in [0.5, 0.6) is 5.75 Å². The summed E-state index contributed by atoms with van der Waals surface area (Å²) in [6.45, 7) is 3.39. The molecule has 1 aromatic rings. The van der Waals surface area contributed by atoms with Gasteiger partial charge in [0.25, 0.3) is 0 Å². The molecule has 16 heavy (non-hydrogen) atoms. The molecule has 0 radical (unpaired) electrons. The lowest BCUT2D eigenvalue weighted by molar-refractivity contribution is -0.137. The first-order chi connectivity index (χ1) is 7.34. The number of hydrogen-bond donors (Lipinski definition) is 3. The van der Waals surface area contributed by atoms with Crippen LogP contribution in [0.2, 0.25) is 5.02 Å². The summed E-state index contributed by atoms with van der Waals surface area (Å²) in [6.07, 6.45) is -0.219. The molecule has 4 N–H and O–H groups in total. The van der Waals surface area contributed by atoms with Crippen molar-refractivity contribution in [2.45, 2.75) is 26.3 Å². The van der Waals surface area contributed by atoms with E-state index in [1.807, 2.05) is 0 Å². The number of carboxylic acids is 1. The van der Waals surface area contributed by atoms with Gasteiger partial charge in [-0.3, -0.25) is 4.79 Å². The number of benzene rings is 1. The molecule has 0 aliphatic carbocycles. The van der Waals surface area contributed by atoms with Crippen molar-refractivity contribution >= 4 is 17.6 Å². The van der Waals surface area contributed by atoms with Gasteiger partial charge in [0.1, 0.15) is 5.75 Å². The fourth-order valence-corrected chi connectivity index (χ4v) is 2.13. The second kappa shape index (κ2) is 4.72. The van der Waals surface area contributed by atoms with Gasteiger partial charge in [0.15, 0.2) is 0 Å². The van der Waals surface area contributed by atoms with Crippen LogP contribution >= 0.6 is 11.6 Å². The number of rotatable bonds is 3. The van der Waals surface area contributed by atoms with Crippen molar-refractivity contribution in [3.05, 3.63) is 27.8 Å². The quantitative estimate of drug-likeness (QED) is 0.760. The molecule has 5 heteroatoms. The predicted molar refractivity (Wildman–Crippen MR) is 61.8 cm³/mol. The monoisotopic (exact) mass is 243 g/mol. The molecule has 1 atom stereocenters. The fraction of sp³-hybridized carbons (Fsp3) is 0.364. The molecule has 0 bridgehead atoms. The van der Waals surface area contributed by atoms with Gasteiger partial charge in [0.05, 0.1) is 6.42 Å². The highest BCUT2D eigenvalue weighted by atomic mass is 35.5. The van der Waals surface area contributed by atoms with Crippen LogP contribution in [-0.4, -0.2) is 16.2 Å². The van der Waals surface area contributed by atoms with E-state index in [1.165, 1.54) is 0 Å². The summed E-state index contributed by atoms with van der Waals surface area (Å²) < 4.78 is 0. The molecule has 0 aliphatic heterocycles. The van der Waals surface area contributed by atoms with Crippen LogP contribution in [0.25, 0.3) is 0 Å². The molecule has 0 saturated heterocycles. The maximum Gasteiger partial charge on any atom is 0.305 e. The van der Waals surface area contributed by atoms with Gasteiger partial charge in [-0.05, 0) is 36.6 Å². The minimum absolute atomic E-state index is 0.111. The zero-order chi connectivity index (χ0) is 12.5. The largest absolute Gasteiger partial charge is 0.507 e. The minimum Gasteiger partial charge on any atom is -0.507 e. The Labute approximate surface area is 98.6 Å². The van der Waals surface area contributed by atoms with Crippen molar-refractivity contribution in [3.63, 3.8) is 0 Å². The summed E-state index contributed by atoms with van der Waals surface area (Å²) in [5.74, 6) is -0.886. The molecular weight excluding hydrogens is 230 g/mol. The first kappa shape index (κ1) is 12.8. The number of carboxylic acid groups (broad SMARTS) is 1. The van der Waals surface area contributed by atoms with E-state index in [-0.39, 0.29) is 12.2 Å². The Hall–Kier alpha value is -1.26. The summed E-state index contributed by atoms with van der Waals surface area (Å²) in [4.78, 5) is 10.6. The molecule has 1 rings (SSSR count). The van der Waals surface area contributed by atoms with E-state index < -0.39 is 12.0 Å². The van der Waals surface area contributed by atoms with Crippen LogP contribution in [0.3, 0.4) is 0 Å². The Morgan fingerprint density at radius 2 is 2.12 bits per heavy atom. The van der Waals surface area contributed by atoms with Crippen molar-refractivity contribution in [1.29, 1.82) is 0 Å². The lowest BCUT2D eigenvalue weighted by atomic mass is 9.96. The Morgan fingerprint density at radius 1 is 1.56 bits per heavy atom. The number of halogens is 1. The maximum absolute atomic E-state index is 10.6. The number of aliphatic carboxylic acids is 1. The van der Waals surface area contributed by atoms with E-state index >= 15 is 0 Å². The van der Waals surface area contributed by atoms with Gasteiger partial charge in [-0.15, -0.1) is 0 Å². The lowest BCUT2D eigenvalue weighted by Crippen LogP contribution is -2.16. The molecule has 0 aliphatic rings. The normalized spacial score (nSPS) is 12.5. The number of aromatic hydroxyl groups is 1. The van der Waals surface area contributed by atoms with Gasteiger partial charge in [-0.25, -0.2) is 0 Å². The number of aryl methyl sites for hydroxylation is 1. The molecule has 1 unspecified atom stereocenters. The van der Waals surface area contributed by atoms with Crippen molar-refractivity contribution in [1.82, 2.24) is 0 Å². The van der Waals surface area contributed by atoms with E-state index in [1.54, 1.807) is 19.9 Å². The first-order valence-electron chi connectivity index (χ1n) is 4.80. The average molecular weight is 244 g/mol. The SMILES string of the molecule is Cc1cc(Cl)c(C(N)CC(=O)O)c(C)c1O. The zero-order valence-electron chi connectivity index (χ0n) is 9.12. The molecule has 88 valence electrons. The van der Waals surface area contributed by atoms with Gasteiger partial charge in [-0.1, -0.05) is 11.6 Å². The smallest absolute Gasteiger partial charge is 0.305 e. The number of nitrogens with two attached hydrogens (primary N) is 1. The summed E-state index contributed by atoms with van der Waals surface area (Å²) >= 11 is 6.00. The lowest BCUT2D eigenvalue weighted by Gasteiger charge is -2.17. The second-order valence-corrected chi connectivity index (χ2v) is 4.17. The van der Waals surface area contributed by atoms with Crippen LogP contribution in [0.4, 0.5) is 0 Å². The van der Waals surface area contributed by atoms with E-state index in [0.29, 0.717) is 21.7 Å². The second-order valence-electron chi connectivity index (χ2n) is 3.77. The highest BCUT2D eigenvalue weighted by Gasteiger charge is 2.19. The van der Waals surface area contributed by atoms with Gasteiger partial charge in [0, 0.05) is 11.1 Å². The molecule has 1 aromatic carbocycles. The van der Waals surface area contributed by atoms with Crippen molar-refractivity contribution in [3.8, 4) is 5.75 Å². The topological polar surface area (TPSA) is 83.6 Å². The van der Waals surface area contributed by atoms with Gasteiger partial charge in [0.2, 0.25) is 0 Å². The predicted octanol–water partition coefficient (Wildman–Crippen LogP) is 2.14. The van der Waals surface area contributed by atoms with Crippen LogP contribution in [0.1, 0.15) is 29.2 Å². The van der Waals surface area contributed by atoms with Crippen LogP contribution in [0, 0.1) is 13.8 Å². The van der Waals surface area contributed by atoms with E-state index in [4.69, 9.17) is 22.4 Å². The molecule has 0 saturated carbocycles.